The number of rotatable bonds is 2. The van der Waals surface area contributed by atoms with Crippen LogP contribution in [0, 0.1) is 0 Å². The Morgan fingerprint density at radius 3 is 2.72 bits per heavy atom. The molecular weight excluding hydrogens is 247 g/mol. The van der Waals surface area contributed by atoms with Crippen molar-refractivity contribution in [3.05, 3.63) is 35.4 Å². The van der Waals surface area contributed by atoms with E-state index in [9.17, 15) is 18.0 Å². The summed E-state index contributed by atoms with van der Waals surface area (Å²) in [6.07, 6.45) is -3.88. The van der Waals surface area contributed by atoms with Gasteiger partial charge in [0.25, 0.3) is 0 Å². The number of halogens is 3. The lowest BCUT2D eigenvalue weighted by Gasteiger charge is -2.17. The maximum Gasteiger partial charge on any atom is 0.416 e. The van der Waals surface area contributed by atoms with Gasteiger partial charge in [0.1, 0.15) is 6.04 Å². The molecule has 0 bridgehead atoms. The van der Waals surface area contributed by atoms with Crippen molar-refractivity contribution in [3.63, 3.8) is 0 Å². The SMILES string of the molecule is O=C(O)[C@H]1NCCC1c1cccc(C(F)(F)F)c1. The predicted octanol–water partition coefficient (Wildman–Crippen LogP) is 2.24. The molecule has 2 atom stereocenters. The summed E-state index contributed by atoms with van der Waals surface area (Å²) in [5.41, 5.74) is -0.321. The highest BCUT2D eigenvalue weighted by Gasteiger charge is 2.36. The number of hydrogen-bond acceptors (Lipinski definition) is 2. The summed E-state index contributed by atoms with van der Waals surface area (Å²) in [4.78, 5) is 11.0. The Morgan fingerprint density at radius 1 is 1.39 bits per heavy atom. The second kappa shape index (κ2) is 4.61. The maximum atomic E-state index is 12.6. The summed E-state index contributed by atoms with van der Waals surface area (Å²) < 4.78 is 37.7. The molecule has 0 radical (unpaired) electrons. The van der Waals surface area contributed by atoms with Crippen molar-refractivity contribution < 1.29 is 23.1 Å². The third-order valence-corrected chi connectivity index (χ3v) is 3.13. The first kappa shape index (κ1) is 12.9. The van der Waals surface area contributed by atoms with E-state index >= 15 is 0 Å². The molecule has 3 nitrogen and oxygen atoms in total. The van der Waals surface area contributed by atoms with Gasteiger partial charge in [-0.05, 0) is 24.6 Å². The molecule has 1 fully saturated rings. The molecule has 0 aromatic heterocycles. The zero-order valence-corrected chi connectivity index (χ0v) is 9.37. The highest BCUT2D eigenvalue weighted by molar-refractivity contribution is 5.75. The quantitative estimate of drug-likeness (QED) is 0.856. The first-order valence-electron chi connectivity index (χ1n) is 5.53. The summed E-state index contributed by atoms with van der Waals surface area (Å²) in [7, 11) is 0. The highest BCUT2D eigenvalue weighted by Crippen LogP contribution is 2.34. The molecule has 1 aromatic carbocycles. The summed E-state index contributed by atoms with van der Waals surface area (Å²) in [6.45, 7) is 0.498. The fourth-order valence-corrected chi connectivity index (χ4v) is 2.27. The molecule has 0 amide bonds. The van der Waals surface area contributed by atoms with Gasteiger partial charge in [-0.2, -0.15) is 13.2 Å². The van der Waals surface area contributed by atoms with Gasteiger partial charge in [0, 0.05) is 5.92 Å². The van der Waals surface area contributed by atoms with E-state index < -0.39 is 29.7 Å². The third kappa shape index (κ3) is 2.48. The average molecular weight is 259 g/mol. The normalized spacial score (nSPS) is 24.2. The molecule has 1 aromatic rings. The Morgan fingerprint density at radius 2 is 2.11 bits per heavy atom. The molecule has 1 aliphatic rings. The van der Waals surface area contributed by atoms with Gasteiger partial charge in [-0.1, -0.05) is 18.2 Å². The number of nitrogens with one attached hydrogen (secondary N) is 1. The van der Waals surface area contributed by atoms with Crippen molar-refractivity contribution >= 4 is 5.97 Å². The molecule has 1 aliphatic heterocycles. The molecular formula is C12H12F3NO2. The van der Waals surface area contributed by atoms with Crippen LogP contribution in [0.15, 0.2) is 24.3 Å². The van der Waals surface area contributed by atoms with E-state index in [-0.39, 0.29) is 0 Å². The Bertz CT molecular complexity index is 459. The van der Waals surface area contributed by atoms with Gasteiger partial charge >= 0.3 is 12.1 Å². The average Bonchev–Trinajstić information content (AvgIpc) is 2.77. The van der Waals surface area contributed by atoms with Crippen LogP contribution in [-0.2, 0) is 11.0 Å². The predicted molar refractivity (Wildman–Crippen MR) is 58.2 cm³/mol. The van der Waals surface area contributed by atoms with Gasteiger partial charge in [-0.3, -0.25) is 4.79 Å². The summed E-state index contributed by atoms with van der Waals surface area (Å²) in [5.74, 6) is -1.44. The fraction of sp³-hybridized carbons (Fsp3) is 0.417. The van der Waals surface area contributed by atoms with Crippen LogP contribution in [0.3, 0.4) is 0 Å². The number of hydrogen-bond donors (Lipinski definition) is 2. The van der Waals surface area contributed by atoms with Crippen molar-refractivity contribution in [1.82, 2.24) is 5.32 Å². The minimum absolute atomic E-state index is 0.412. The molecule has 2 N–H and O–H groups in total. The van der Waals surface area contributed by atoms with Crippen LogP contribution in [0.2, 0.25) is 0 Å². The molecule has 1 unspecified atom stereocenters. The lowest BCUT2D eigenvalue weighted by atomic mass is 9.91. The molecule has 18 heavy (non-hydrogen) atoms. The zero-order valence-electron chi connectivity index (χ0n) is 9.37. The number of carbonyl (C=O) groups is 1. The first-order valence-corrected chi connectivity index (χ1v) is 5.53. The Kier molecular flexibility index (Phi) is 3.30. The van der Waals surface area contributed by atoms with Gasteiger partial charge in [-0.15, -0.1) is 0 Å². The molecule has 1 saturated heterocycles. The van der Waals surface area contributed by atoms with Gasteiger partial charge < -0.3 is 10.4 Å². The Hall–Kier alpha value is -1.56. The molecule has 0 spiro atoms. The monoisotopic (exact) mass is 259 g/mol. The lowest BCUT2D eigenvalue weighted by molar-refractivity contribution is -0.139. The topological polar surface area (TPSA) is 49.3 Å². The number of carboxylic acid groups (broad SMARTS) is 1. The van der Waals surface area contributed by atoms with Gasteiger partial charge in [0.05, 0.1) is 5.56 Å². The smallest absolute Gasteiger partial charge is 0.416 e. The minimum atomic E-state index is -4.40. The van der Waals surface area contributed by atoms with Crippen LogP contribution in [0.25, 0.3) is 0 Å². The highest BCUT2D eigenvalue weighted by atomic mass is 19.4. The van der Waals surface area contributed by atoms with Gasteiger partial charge in [0.2, 0.25) is 0 Å². The van der Waals surface area contributed by atoms with Crippen molar-refractivity contribution in [2.24, 2.45) is 0 Å². The van der Waals surface area contributed by atoms with E-state index in [1.54, 1.807) is 6.07 Å². The fourth-order valence-electron chi connectivity index (χ4n) is 2.27. The maximum absolute atomic E-state index is 12.6. The number of alkyl halides is 3. The zero-order chi connectivity index (χ0) is 13.3. The van der Waals surface area contributed by atoms with E-state index in [0.29, 0.717) is 18.5 Å². The second-order valence-electron chi connectivity index (χ2n) is 4.29. The van der Waals surface area contributed by atoms with Crippen molar-refractivity contribution in [3.8, 4) is 0 Å². The Balaban J connectivity index is 2.31. The molecule has 0 saturated carbocycles. The van der Waals surface area contributed by atoms with E-state index in [2.05, 4.69) is 5.32 Å². The lowest BCUT2D eigenvalue weighted by Crippen LogP contribution is -2.34. The van der Waals surface area contributed by atoms with E-state index in [1.807, 2.05) is 0 Å². The van der Waals surface area contributed by atoms with Crippen LogP contribution in [-0.4, -0.2) is 23.7 Å². The number of benzene rings is 1. The second-order valence-corrected chi connectivity index (χ2v) is 4.29. The van der Waals surface area contributed by atoms with Crippen molar-refractivity contribution in [2.75, 3.05) is 6.54 Å². The molecule has 6 heteroatoms. The van der Waals surface area contributed by atoms with E-state index in [4.69, 9.17) is 5.11 Å². The summed E-state index contributed by atoms with van der Waals surface area (Å²) in [6, 6.07) is 4.07. The van der Waals surface area contributed by atoms with E-state index in [0.717, 1.165) is 12.1 Å². The molecule has 2 rings (SSSR count). The summed E-state index contributed by atoms with van der Waals surface area (Å²) in [5, 5.41) is 11.8. The van der Waals surface area contributed by atoms with Gasteiger partial charge in [-0.25, -0.2) is 0 Å². The van der Waals surface area contributed by atoms with Crippen LogP contribution >= 0.6 is 0 Å². The molecule has 0 aliphatic carbocycles. The van der Waals surface area contributed by atoms with Crippen LogP contribution < -0.4 is 5.32 Å². The molecule has 98 valence electrons. The standard InChI is InChI=1S/C12H12F3NO2/c13-12(14,15)8-3-1-2-7(6-8)9-4-5-16-10(9)11(17)18/h1-3,6,9-10,16H,4-5H2,(H,17,18)/t9?,10-/m0/s1. The first-order chi connectivity index (χ1) is 8.39. The minimum Gasteiger partial charge on any atom is -0.480 e. The van der Waals surface area contributed by atoms with Crippen LogP contribution in [0.1, 0.15) is 23.5 Å². The number of carboxylic acids is 1. The summed E-state index contributed by atoms with van der Waals surface area (Å²) >= 11 is 0. The molecule has 1 heterocycles. The van der Waals surface area contributed by atoms with Gasteiger partial charge in [0.15, 0.2) is 0 Å². The largest absolute Gasteiger partial charge is 0.480 e. The van der Waals surface area contributed by atoms with E-state index in [1.165, 1.54) is 6.07 Å². The van der Waals surface area contributed by atoms with Crippen molar-refractivity contribution in [1.29, 1.82) is 0 Å². The van der Waals surface area contributed by atoms with Crippen LogP contribution in [0.4, 0.5) is 13.2 Å². The third-order valence-electron chi connectivity index (χ3n) is 3.13. The Labute approximate surface area is 102 Å². The van der Waals surface area contributed by atoms with Crippen LogP contribution in [0.5, 0.6) is 0 Å². The number of aliphatic carboxylic acids is 1. The van der Waals surface area contributed by atoms with Crippen molar-refractivity contribution in [2.45, 2.75) is 24.6 Å².